The van der Waals surface area contributed by atoms with Crippen LogP contribution in [0.3, 0.4) is 0 Å². The molecule has 0 saturated carbocycles. The normalized spacial score (nSPS) is 10.8. The molecule has 0 atom stereocenters. The van der Waals surface area contributed by atoms with E-state index < -0.39 is 0 Å². The van der Waals surface area contributed by atoms with Crippen LogP contribution in [0.15, 0.2) is 0 Å². The van der Waals surface area contributed by atoms with Gasteiger partial charge in [-0.3, -0.25) is 14.2 Å². The van der Waals surface area contributed by atoms with Crippen molar-refractivity contribution in [3.63, 3.8) is 0 Å². The number of hydrogen-bond acceptors (Lipinski definition) is 4. The van der Waals surface area contributed by atoms with Gasteiger partial charge < -0.3 is 11.1 Å². The van der Waals surface area contributed by atoms with Crippen LogP contribution in [0, 0.1) is 20.8 Å². The molecule has 2 aromatic heterocycles. The van der Waals surface area contributed by atoms with E-state index >= 15 is 0 Å². The number of rotatable bonds is 2. The smallest absolute Gasteiger partial charge is 0.276 e. The Morgan fingerprint density at radius 3 is 2.11 bits per heavy atom. The topological polar surface area (TPSA) is 90.8 Å². The molecule has 0 spiro atoms. The highest BCUT2D eigenvalue weighted by atomic mass is 16.2. The van der Waals surface area contributed by atoms with E-state index in [-0.39, 0.29) is 5.91 Å². The third kappa shape index (κ3) is 2.07. The number of nitrogens with two attached hydrogens (primary N) is 1. The maximum Gasteiger partial charge on any atom is 0.276 e. The number of nitrogens with one attached hydrogen (secondary N) is 1. The molecule has 102 valence electrons. The van der Waals surface area contributed by atoms with Crippen LogP contribution in [-0.2, 0) is 14.1 Å². The van der Waals surface area contributed by atoms with Gasteiger partial charge in [-0.05, 0) is 20.8 Å². The number of carbonyl (C=O) groups excluding carboxylic acids is 1. The molecule has 2 rings (SSSR count). The lowest BCUT2D eigenvalue weighted by Crippen LogP contribution is -2.18. The Kier molecular flexibility index (Phi) is 3.05. The van der Waals surface area contributed by atoms with E-state index in [0.29, 0.717) is 22.8 Å². The van der Waals surface area contributed by atoms with Gasteiger partial charge >= 0.3 is 0 Å². The SMILES string of the molecule is Cc1nn(C)c(C(=O)Nc2c(C)nn(C)c2C)c1N. The predicted molar refractivity (Wildman–Crippen MR) is 73.0 cm³/mol. The zero-order valence-corrected chi connectivity index (χ0v) is 11.8. The van der Waals surface area contributed by atoms with Gasteiger partial charge in [0.2, 0.25) is 0 Å². The number of carbonyl (C=O) groups is 1. The number of nitrogens with zero attached hydrogens (tertiary/aromatic N) is 4. The van der Waals surface area contributed by atoms with E-state index in [9.17, 15) is 4.79 Å². The van der Waals surface area contributed by atoms with Gasteiger partial charge in [-0.15, -0.1) is 0 Å². The van der Waals surface area contributed by atoms with E-state index in [0.717, 1.165) is 11.4 Å². The molecule has 7 heteroatoms. The van der Waals surface area contributed by atoms with Crippen molar-refractivity contribution in [2.24, 2.45) is 14.1 Å². The molecule has 0 unspecified atom stereocenters. The molecule has 0 bridgehead atoms. The first-order chi connectivity index (χ1) is 8.82. The van der Waals surface area contributed by atoms with E-state index in [1.54, 1.807) is 18.7 Å². The largest absolute Gasteiger partial charge is 0.395 e. The highest BCUT2D eigenvalue weighted by molar-refractivity contribution is 6.07. The number of amides is 1. The molecule has 0 fully saturated rings. The number of aromatic nitrogens is 4. The van der Waals surface area contributed by atoms with Crippen molar-refractivity contribution in [3.05, 3.63) is 22.8 Å². The van der Waals surface area contributed by atoms with Crippen molar-refractivity contribution in [2.45, 2.75) is 20.8 Å². The van der Waals surface area contributed by atoms with Crippen LogP contribution in [0.4, 0.5) is 11.4 Å². The van der Waals surface area contributed by atoms with Crippen LogP contribution in [0.2, 0.25) is 0 Å². The van der Waals surface area contributed by atoms with Gasteiger partial charge in [-0.1, -0.05) is 0 Å². The second-order valence-corrected chi connectivity index (χ2v) is 4.59. The summed E-state index contributed by atoms with van der Waals surface area (Å²) in [6, 6.07) is 0. The lowest BCUT2D eigenvalue weighted by molar-refractivity contribution is 0.101. The van der Waals surface area contributed by atoms with Crippen LogP contribution < -0.4 is 11.1 Å². The highest BCUT2D eigenvalue weighted by Crippen LogP contribution is 2.21. The quantitative estimate of drug-likeness (QED) is 0.841. The Bertz CT molecular complexity index is 652. The van der Waals surface area contributed by atoms with Crippen molar-refractivity contribution in [1.82, 2.24) is 19.6 Å². The fraction of sp³-hybridized carbons (Fsp3) is 0.417. The van der Waals surface area contributed by atoms with Crippen molar-refractivity contribution in [2.75, 3.05) is 11.1 Å². The van der Waals surface area contributed by atoms with Gasteiger partial charge in [0.05, 0.1) is 28.5 Å². The van der Waals surface area contributed by atoms with E-state index in [4.69, 9.17) is 5.73 Å². The minimum Gasteiger partial charge on any atom is -0.395 e. The minimum absolute atomic E-state index is 0.278. The van der Waals surface area contributed by atoms with Gasteiger partial charge in [0, 0.05) is 14.1 Å². The summed E-state index contributed by atoms with van der Waals surface area (Å²) in [5.74, 6) is -0.278. The van der Waals surface area contributed by atoms with Gasteiger partial charge in [0.15, 0.2) is 0 Å². The van der Waals surface area contributed by atoms with Crippen molar-refractivity contribution in [3.8, 4) is 0 Å². The molecule has 0 aliphatic carbocycles. The average molecular weight is 262 g/mol. The zero-order chi connectivity index (χ0) is 14.3. The number of hydrogen-bond donors (Lipinski definition) is 2. The summed E-state index contributed by atoms with van der Waals surface area (Å²) >= 11 is 0. The van der Waals surface area contributed by atoms with E-state index in [2.05, 4.69) is 15.5 Å². The van der Waals surface area contributed by atoms with Gasteiger partial charge in [-0.25, -0.2) is 0 Å². The summed E-state index contributed by atoms with van der Waals surface area (Å²) in [6.07, 6.45) is 0. The van der Waals surface area contributed by atoms with E-state index in [1.165, 1.54) is 4.68 Å². The summed E-state index contributed by atoms with van der Waals surface area (Å²) in [4.78, 5) is 12.3. The maximum absolute atomic E-state index is 12.3. The maximum atomic E-state index is 12.3. The molecule has 0 radical (unpaired) electrons. The fourth-order valence-electron chi connectivity index (χ4n) is 2.07. The summed E-state index contributed by atoms with van der Waals surface area (Å²) in [7, 11) is 3.53. The molecule has 0 aliphatic heterocycles. The third-order valence-corrected chi connectivity index (χ3v) is 3.23. The first-order valence-electron chi connectivity index (χ1n) is 5.93. The monoisotopic (exact) mass is 262 g/mol. The summed E-state index contributed by atoms with van der Waals surface area (Å²) in [6.45, 7) is 5.51. The molecule has 1 amide bonds. The molecule has 0 aromatic carbocycles. The Balaban J connectivity index is 2.36. The summed E-state index contributed by atoms with van der Waals surface area (Å²) < 4.78 is 3.21. The Labute approximate surface area is 111 Å². The van der Waals surface area contributed by atoms with Crippen LogP contribution in [-0.4, -0.2) is 25.5 Å². The lowest BCUT2D eigenvalue weighted by Gasteiger charge is -2.06. The zero-order valence-electron chi connectivity index (χ0n) is 11.8. The van der Waals surface area contributed by atoms with Gasteiger partial charge in [0.1, 0.15) is 5.69 Å². The molecule has 0 aliphatic rings. The second-order valence-electron chi connectivity index (χ2n) is 4.59. The van der Waals surface area contributed by atoms with Crippen LogP contribution in [0.5, 0.6) is 0 Å². The van der Waals surface area contributed by atoms with Crippen LogP contribution in [0.1, 0.15) is 27.6 Å². The number of nitrogen functional groups attached to an aromatic ring is 1. The average Bonchev–Trinajstić information content (AvgIpc) is 2.70. The molecule has 2 heterocycles. The number of aryl methyl sites for hydroxylation is 4. The first-order valence-corrected chi connectivity index (χ1v) is 5.93. The molecular formula is C12H18N6O. The van der Waals surface area contributed by atoms with Crippen molar-refractivity contribution < 1.29 is 4.79 Å². The van der Waals surface area contributed by atoms with E-state index in [1.807, 2.05) is 20.9 Å². The molecule has 7 nitrogen and oxygen atoms in total. The minimum atomic E-state index is -0.278. The molecule has 0 saturated heterocycles. The van der Waals surface area contributed by atoms with Gasteiger partial charge in [0.25, 0.3) is 5.91 Å². The molecule has 19 heavy (non-hydrogen) atoms. The summed E-state index contributed by atoms with van der Waals surface area (Å²) in [5.41, 5.74) is 9.66. The first kappa shape index (κ1) is 13.1. The predicted octanol–water partition coefficient (Wildman–Crippen LogP) is 0.913. The van der Waals surface area contributed by atoms with Crippen molar-refractivity contribution >= 4 is 17.3 Å². The van der Waals surface area contributed by atoms with Gasteiger partial charge in [-0.2, -0.15) is 10.2 Å². The standard InChI is InChI=1S/C12H18N6O/c1-6-9(13)11(18(5)15-6)12(19)14-10-7(2)16-17(4)8(10)3/h13H2,1-5H3,(H,14,19). The third-order valence-electron chi connectivity index (χ3n) is 3.23. The second kappa shape index (κ2) is 4.42. The molecule has 2 aromatic rings. The molecule has 3 N–H and O–H groups in total. The van der Waals surface area contributed by atoms with Crippen LogP contribution in [0.25, 0.3) is 0 Å². The summed E-state index contributed by atoms with van der Waals surface area (Å²) in [5, 5.41) is 11.2. The number of anilines is 2. The Morgan fingerprint density at radius 1 is 1.11 bits per heavy atom. The molecular weight excluding hydrogens is 244 g/mol. The lowest BCUT2D eigenvalue weighted by atomic mass is 10.2. The van der Waals surface area contributed by atoms with Crippen LogP contribution >= 0.6 is 0 Å². The Morgan fingerprint density at radius 2 is 1.68 bits per heavy atom. The highest BCUT2D eigenvalue weighted by Gasteiger charge is 2.20. The van der Waals surface area contributed by atoms with Crippen molar-refractivity contribution in [1.29, 1.82) is 0 Å². The Hall–Kier alpha value is -2.31. The fourth-order valence-corrected chi connectivity index (χ4v) is 2.07.